The van der Waals surface area contributed by atoms with Crippen molar-refractivity contribution in [1.82, 2.24) is 4.31 Å². The number of rotatable bonds is 4. The van der Waals surface area contributed by atoms with Crippen LogP contribution in [0.3, 0.4) is 0 Å². The van der Waals surface area contributed by atoms with E-state index in [-0.39, 0.29) is 5.78 Å². The summed E-state index contributed by atoms with van der Waals surface area (Å²) in [7, 11) is -3.58. The Balaban J connectivity index is 2.04. The van der Waals surface area contributed by atoms with Gasteiger partial charge >= 0.3 is 0 Å². The molecule has 0 aliphatic carbocycles. The minimum absolute atomic E-state index is 0.000270. The van der Waals surface area contributed by atoms with Gasteiger partial charge in [-0.3, -0.25) is 4.79 Å². The Kier molecular flexibility index (Phi) is 5.68. The average molecular weight is 396 g/mol. The largest absolute Gasteiger partial charge is 0.294 e. The van der Waals surface area contributed by atoms with Crippen molar-refractivity contribution in [1.29, 1.82) is 0 Å². The van der Waals surface area contributed by atoms with Crippen LogP contribution in [0.5, 0.6) is 0 Å². The molecule has 1 aliphatic heterocycles. The van der Waals surface area contributed by atoms with E-state index in [0.29, 0.717) is 23.5 Å². The molecule has 0 amide bonds. The lowest BCUT2D eigenvalue weighted by Gasteiger charge is -2.15. The minimum atomic E-state index is -3.58. The van der Waals surface area contributed by atoms with Crippen LogP contribution in [0, 0.1) is 6.92 Å². The summed E-state index contributed by atoms with van der Waals surface area (Å²) in [6.07, 6.45) is 1.96. The van der Waals surface area contributed by atoms with Crippen molar-refractivity contribution in [2.75, 3.05) is 13.1 Å². The number of hydrogen-bond donors (Lipinski definition) is 0. The lowest BCUT2D eigenvalue weighted by atomic mass is 9.93. The second kappa shape index (κ2) is 7.86. The Labute approximate surface area is 167 Å². The van der Waals surface area contributed by atoms with Crippen molar-refractivity contribution in [2.24, 2.45) is 0 Å². The molecule has 1 fully saturated rings. The normalized spacial score (nSPS) is 18.5. The molecule has 1 aliphatic rings. The van der Waals surface area contributed by atoms with E-state index in [4.69, 9.17) is 0 Å². The maximum absolute atomic E-state index is 13.1. The van der Waals surface area contributed by atoms with E-state index in [0.717, 1.165) is 27.8 Å². The first-order chi connectivity index (χ1) is 13.3. The van der Waals surface area contributed by atoms with Crippen LogP contribution in [0.15, 0.2) is 70.6 Å². The topological polar surface area (TPSA) is 54.5 Å². The van der Waals surface area contributed by atoms with Crippen molar-refractivity contribution in [3.8, 4) is 0 Å². The second-order valence-electron chi connectivity index (χ2n) is 7.11. The number of nitrogens with zero attached hydrogens (tertiary/aromatic N) is 1. The van der Waals surface area contributed by atoms with E-state index in [9.17, 15) is 13.2 Å². The molecule has 0 radical (unpaired) electrons. The Hall–Kier alpha value is -2.50. The minimum Gasteiger partial charge on any atom is -0.294 e. The van der Waals surface area contributed by atoms with Gasteiger partial charge in [-0.1, -0.05) is 48.0 Å². The van der Waals surface area contributed by atoms with Crippen LogP contribution in [0.4, 0.5) is 0 Å². The van der Waals surface area contributed by atoms with E-state index < -0.39 is 10.0 Å². The molecule has 0 saturated carbocycles. The zero-order chi connectivity index (χ0) is 20.5. The molecule has 0 atom stereocenters. The smallest absolute Gasteiger partial charge is 0.243 e. The summed E-state index contributed by atoms with van der Waals surface area (Å²) >= 11 is 0. The maximum atomic E-state index is 13.1. The molecule has 0 aromatic heterocycles. The summed E-state index contributed by atoms with van der Waals surface area (Å²) < 4.78 is 27.7. The highest BCUT2D eigenvalue weighted by Crippen LogP contribution is 2.34. The molecule has 0 unspecified atom stereocenters. The molecule has 1 heterocycles. The fourth-order valence-corrected chi connectivity index (χ4v) is 4.94. The lowest BCUT2D eigenvalue weighted by molar-refractivity contribution is 0.101. The van der Waals surface area contributed by atoms with Crippen molar-refractivity contribution in [2.45, 2.75) is 32.6 Å². The molecule has 146 valence electrons. The number of carbonyl (C=O) groups excluding carboxylic acids is 1. The first kappa shape index (κ1) is 20.2. The number of sulfonamides is 1. The predicted octanol–water partition coefficient (Wildman–Crippen LogP) is 4.62. The molecule has 0 N–H and O–H groups in total. The van der Waals surface area contributed by atoms with E-state index >= 15 is 0 Å². The van der Waals surface area contributed by atoms with Gasteiger partial charge in [0.1, 0.15) is 0 Å². The van der Waals surface area contributed by atoms with Crippen molar-refractivity contribution < 1.29 is 13.2 Å². The Morgan fingerprint density at radius 2 is 1.57 bits per heavy atom. The standard InChI is InChI=1S/C23H25NO3S/c1-5-19-14-24(28(26,27)20-12-10-16(2)11-13-20)15-23(19)17(3)21-8-6-7-9-22(21)18(4)25/h5-13H,14-15H2,1-4H3/b19-5+,23-17+. The first-order valence-corrected chi connectivity index (χ1v) is 10.7. The highest BCUT2D eigenvalue weighted by molar-refractivity contribution is 7.89. The van der Waals surface area contributed by atoms with Crippen LogP contribution in [-0.2, 0) is 10.0 Å². The zero-order valence-corrected chi connectivity index (χ0v) is 17.5. The van der Waals surface area contributed by atoms with Gasteiger partial charge in [-0.05, 0) is 62.1 Å². The number of hydrogen-bond acceptors (Lipinski definition) is 3. The molecule has 0 spiro atoms. The third-order valence-corrected chi connectivity index (χ3v) is 7.04. The number of carbonyl (C=O) groups is 1. The van der Waals surface area contributed by atoms with Crippen LogP contribution >= 0.6 is 0 Å². The second-order valence-corrected chi connectivity index (χ2v) is 9.04. The summed E-state index contributed by atoms with van der Waals surface area (Å²) in [4.78, 5) is 12.3. The highest BCUT2D eigenvalue weighted by Gasteiger charge is 2.33. The van der Waals surface area contributed by atoms with E-state index in [1.165, 1.54) is 4.31 Å². The lowest BCUT2D eigenvalue weighted by Crippen LogP contribution is -2.28. The van der Waals surface area contributed by atoms with Gasteiger partial charge in [-0.15, -0.1) is 0 Å². The monoisotopic (exact) mass is 395 g/mol. The van der Waals surface area contributed by atoms with E-state index in [1.54, 1.807) is 19.1 Å². The Bertz CT molecular complexity index is 1080. The summed E-state index contributed by atoms with van der Waals surface area (Å²) in [5.41, 5.74) is 5.42. The number of aryl methyl sites for hydroxylation is 1. The number of allylic oxidation sites excluding steroid dienone is 2. The van der Waals surface area contributed by atoms with Crippen molar-refractivity contribution in [3.63, 3.8) is 0 Å². The van der Waals surface area contributed by atoms with Gasteiger partial charge in [-0.25, -0.2) is 8.42 Å². The first-order valence-electron chi connectivity index (χ1n) is 9.28. The number of Topliss-reactive ketones (excluding diaryl/α,β-unsaturated/α-hetero) is 1. The fraction of sp³-hybridized carbons (Fsp3) is 0.261. The van der Waals surface area contributed by atoms with Gasteiger partial charge in [0.15, 0.2) is 5.78 Å². The quantitative estimate of drug-likeness (QED) is 0.710. The third kappa shape index (κ3) is 3.73. The van der Waals surface area contributed by atoms with E-state index in [2.05, 4.69) is 0 Å². The van der Waals surface area contributed by atoms with Gasteiger partial charge < -0.3 is 0 Å². The maximum Gasteiger partial charge on any atom is 0.243 e. The van der Waals surface area contributed by atoms with Gasteiger partial charge in [0.2, 0.25) is 10.0 Å². The summed E-state index contributed by atoms with van der Waals surface area (Å²) in [5.74, 6) is -0.000270. The van der Waals surface area contributed by atoms with Crippen LogP contribution in [-0.4, -0.2) is 31.6 Å². The highest BCUT2D eigenvalue weighted by atomic mass is 32.2. The molecule has 3 rings (SSSR count). The zero-order valence-electron chi connectivity index (χ0n) is 16.7. The molecule has 2 aromatic carbocycles. The molecule has 4 nitrogen and oxygen atoms in total. The van der Waals surface area contributed by atoms with Crippen LogP contribution < -0.4 is 0 Å². The van der Waals surface area contributed by atoms with Crippen molar-refractivity contribution >= 4 is 21.4 Å². The Morgan fingerprint density at radius 3 is 2.14 bits per heavy atom. The molecular weight excluding hydrogens is 370 g/mol. The van der Waals surface area contributed by atoms with Crippen LogP contribution in [0.1, 0.15) is 42.3 Å². The van der Waals surface area contributed by atoms with Gasteiger partial charge in [0, 0.05) is 18.7 Å². The third-order valence-electron chi connectivity index (χ3n) is 5.24. The Morgan fingerprint density at radius 1 is 0.964 bits per heavy atom. The summed E-state index contributed by atoms with van der Waals surface area (Å²) in [5, 5.41) is 0. The van der Waals surface area contributed by atoms with Gasteiger partial charge in [0.25, 0.3) is 0 Å². The molecular formula is C23H25NO3S. The molecule has 28 heavy (non-hydrogen) atoms. The molecule has 2 aromatic rings. The summed E-state index contributed by atoms with van der Waals surface area (Å²) in [6, 6.07) is 14.4. The van der Waals surface area contributed by atoms with E-state index in [1.807, 2.05) is 63.2 Å². The molecule has 1 saturated heterocycles. The molecule has 5 heteroatoms. The summed E-state index contributed by atoms with van der Waals surface area (Å²) in [6.45, 7) is 8.00. The van der Waals surface area contributed by atoms with Crippen LogP contribution in [0.2, 0.25) is 0 Å². The predicted molar refractivity (Wildman–Crippen MR) is 113 cm³/mol. The van der Waals surface area contributed by atoms with Gasteiger partial charge in [0.05, 0.1) is 4.90 Å². The average Bonchev–Trinajstić information content (AvgIpc) is 3.13. The number of ketones is 1. The van der Waals surface area contributed by atoms with Crippen LogP contribution in [0.25, 0.3) is 5.57 Å². The van der Waals surface area contributed by atoms with Crippen molar-refractivity contribution in [3.05, 3.63) is 82.4 Å². The molecule has 0 bridgehead atoms. The number of benzene rings is 2. The van der Waals surface area contributed by atoms with Gasteiger partial charge in [-0.2, -0.15) is 4.31 Å². The fourth-order valence-electron chi connectivity index (χ4n) is 3.55. The SMILES string of the molecule is C/C=C1\CN(S(=O)(=O)c2ccc(C)cc2)C\C1=C(\C)c1ccccc1C(C)=O.